The van der Waals surface area contributed by atoms with Gasteiger partial charge in [0, 0.05) is 12.9 Å². The fourth-order valence-corrected chi connectivity index (χ4v) is 1.04. The van der Waals surface area contributed by atoms with Crippen LogP contribution in [0.3, 0.4) is 0 Å². The number of hydrogen-bond acceptors (Lipinski definition) is 2. The van der Waals surface area contributed by atoms with Crippen LogP contribution < -0.4 is 0 Å². The van der Waals surface area contributed by atoms with Crippen molar-refractivity contribution < 1.29 is 4.74 Å². The Bertz CT molecular complexity index is 33.5. The van der Waals surface area contributed by atoms with Crippen molar-refractivity contribution >= 4 is 11.8 Å². The van der Waals surface area contributed by atoms with E-state index in [0.29, 0.717) is 0 Å². The molecule has 0 saturated carbocycles. The summed E-state index contributed by atoms with van der Waals surface area (Å²) in [6, 6.07) is 0. The van der Waals surface area contributed by atoms with Gasteiger partial charge in [0.1, 0.15) is 0 Å². The van der Waals surface area contributed by atoms with Crippen LogP contribution in [0.25, 0.3) is 0 Å². The lowest BCUT2D eigenvalue weighted by Crippen LogP contribution is -1.91. The van der Waals surface area contributed by atoms with Crippen molar-refractivity contribution in [1.29, 1.82) is 0 Å². The van der Waals surface area contributed by atoms with Crippen molar-refractivity contribution in [3.63, 3.8) is 0 Å². The van der Waals surface area contributed by atoms with Gasteiger partial charge in [-0.2, -0.15) is 11.8 Å². The van der Waals surface area contributed by atoms with Crippen LogP contribution in [-0.4, -0.2) is 25.2 Å². The Morgan fingerprint density at radius 2 is 2.25 bits per heavy atom. The summed E-state index contributed by atoms with van der Waals surface area (Å²) in [5.41, 5.74) is 0. The Labute approximate surface area is 55.8 Å². The molecule has 0 saturated heterocycles. The Balaban J connectivity index is 2.53. The van der Waals surface area contributed by atoms with Crippen LogP contribution in [0.4, 0.5) is 0 Å². The first-order valence-corrected chi connectivity index (χ1v) is 3.93. The largest absolute Gasteiger partial charge is 0.384 e. The topological polar surface area (TPSA) is 9.23 Å². The maximum atomic E-state index is 4.85. The van der Waals surface area contributed by atoms with E-state index in [1.165, 1.54) is 0 Å². The molecule has 0 aliphatic rings. The summed E-state index contributed by atoms with van der Waals surface area (Å²) in [7, 11) is 1.73. The van der Waals surface area contributed by atoms with E-state index < -0.39 is 0 Å². The highest BCUT2D eigenvalue weighted by molar-refractivity contribution is 7.99. The lowest BCUT2D eigenvalue weighted by molar-refractivity contribution is 0.218. The van der Waals surface area contributed by atoms with Gasteiger partial charge in [-0.25, -0.2) is 0 Å². The van der Waals surface area contributed by atoms with Crippen molar-refractivity contribution in [1.82, 2.24) is 0 Å². The van der Waals surface area contributed by atoms with Crippen LogP contribution in [0.1, 0.15) is 6.42 Å². The van der Waals surface area contributed by atoms with Crippen molar-refractivity contribution in [2.45, 2.75) is 6.42 Å². The molecule has 0 aliphatic heterocycles. The number of methoxy groups -OCH3 is 1. The van der Waals surface area contributed by atoms with Gasteiger partial charge < -0.3 is 4.74 Å². The van der Waals surface area contributed by atoms with E-state index in [-0.39, 0.29) is 0 Å². The van der Waals surface area contributed by atoms with Crippen molar-refractivity contribution in [3.05, 3.63) is 6.92 Å². The van der Waals surface area contributed by atoms with E-state index in [1.807, 2.05) is 11.8 Å². The van der Waals surface area contributed by atoms with Crippen LogP contribution in [0, 0.1) is 6.92 Å². The fraction of sp³-hybridized carbons (Fsp3) is 0.833. The molecule has 8 heavy (non-hydrogen) atoms. The van der Waals surface area contributed by atoms with Gasteiger partial charge in [-0.3, -0.25) is 0 Å². The minimum atomic E-state index is 0.866. The number of rotatable bonds is 5. The van der Waals surface area contributed by atoms with Crippen LogP contribution in [0.15, 0.2) is 0 Å². The Morgan fingerprint density at radius 1 is 1.50 bits per heavy atom. The molecule has 1 radical (unpaired) electrons. The maximum Gasteiger partial charge on any atom is 0.0552 e. The Kier molecular flexibility index (Phi) is 7.59. The molecule has 0 fully saturated rings. The van der Waals surface area contributed by atoms with Gasteiger partial charge in [0.2, 0.25) is 0 Å². The minimum absolute atomic E-state index is 0.866. The molecule has 0 bridgehead atoms. The first kappa shape index (κ1) is 8.31. The summed E-state index contributed by atoms with van der Waals surface area (Å²) in [6.07, 6.45) is 1.02. The lowest BCUT2D eigenvalue weighted by Gasteiger charge is -1.95. The zero-order valence-corrected chi connectivity index (χ0v) is 6.17. The van der Waals surface area contributed by atoms with Gasteiger partial charge in [-0.05, 0) is 12.2 Å². The Hall–Kier alpha value is 0.310. The van der Waals surface area contributed by atoms with Crippen LogP contribution >= 0.6 is 11.8 Å². The average molecular weight is 133 g/mol. The highest BCUT2D eigenvalue weighted by Gasteiger charge is 1.83. The maximum absolute atomic E-state index is 4.85. The molecule has 0 rings (SSSR count). The van der Waals surface area contributed by atoms with E-state index in [0.717, 1.165) is 24.5 Å². The molecule has 0 aliphatic carbocycles. The van der Waals surface area contributed by atoms with Gasteiger partial charge >= 0.3 is 0 Å². The Morgan fingerprint density at radius 3 is 2.75 bits per heavy atom. The third-order valence-electron chi connectivity index (χ3n) is 0.720. The first-order valence-electron chi connectivity index (χ1n) is 2.77. The number of ether oxygens (including phenoxy) is 1. The second-order valence-corrected chi connectivity index (χ2v) is 2.68. The second-order valence-electron chi connectivity index (χ2n) is 1.46. The molecule has 0 aromatic carbocycles. The summed E-state index contributed by atoms with van der Waals surface area (Å²) in [4.78, 5) is 0. The summed E-state index contributed by atoms with van der Waals surface area (Å²) in [6.45, 7) is 4.59. The summed E-state index contributed by atoms with van der Waals surface area (Å²) in [5, 5.41) is 0. The molecule has 0 unspecified atom stereocenters. The molecule has 0 spiro atoms. The molecular formula is C6H13OS. The standard InChI is InChI=1S/C6H13OS/c1-3-5-8-6-4-7-2/h1,3-6H2,2H3. The van der Waals surface area contributed by atoms with Gasteiger partial charge in [0.25, 0.3) is 0 Å². The van der Waals surface area contributed by atoms with E-state index >= 15 is 0 Å². The number of thioether (sulfide) groups is 1. The molecule has 49 valence electrons. The van der Waals surface area contributed by atoms with Crippen LogP contribution in [0.5, 0.6) is 0 Å². The van der Waals surface area contributed by atoms with Crippen molar-refractivity contribution in [3.8, 4) is 0 Å². The van der Waals surface area contributed by atoms with E-state index in [4.69, 9.17) is 4.74 Å². The smallest absolute Gasteiger partial charge is 0.0552 e. The lowest BCUT2D eigenvalue weighted by atomic mass is 10.6. The molecule has 1 nitrogen and oxygen atoms in total. The van der Waals surface area contributed by atoms with E-state index in [1.54, 1.807) is 7.11 Å². The fourth-order valence-electron chi connectivity index (χ4n) is 0.346. The van der Waals surface area contributed by atoms with E-state index in [2.05, 4.69) is 6.92 Å². The number of hydrogen-bond donors (Lipinski definition) is 0. The van der Waals surface area contributed by atoms with E-state index in [9.17, 15) is 0 Å². The summed E-state index contributed by atoms with van der Waals surface area (Å²) in [5.74, 6) is 2.26. The third-order valence-corrected chi connectivity index (χ3v) is 1.75. The SMILES string of the molecule is [CH2]CCSCCOC. The average Bonchev–Trinajstić information content (AvgIpc) is 1.81. The highest BCUT2D eigenvalue weighted by Crippen LogP contribution is 1.99. The summed E-state index contributed by atoms with van der Waals surface area (Å²) >= 11 is 1.89. The van der Waals surface area contributed by atoms with Gasteiger partial charge in [0.15, 0.2) is 0 Å². The van der Waals surface area contributed by atoms with Gasteiger partial charge in [0.05, 0.1) is 6.61 Å². The van der Waals surface area contributed by atoms with Gasteiger partial charge in [-0.15, -0.1) is 0 Å². The highest BCUT2D eigenvalue weighted by atomic mass is 32.2. The normalized spacial score (nSPS) is 9.75. The molecule has 0 amide bonds. The zero-order chi connectivity index (χ0) is 6.24. The van der Waals surface area contributed by atoms with Gasteiger partial charge in [-0.1, -0.05) is 6.92 Å². The molecule has 2 heteroatoms. The molecule has 0 heterocycles. The second kappa shape index (κ2) is 7.31. The van der Waals surface area contributed by atoms with Crippen LogP contribution in [0.2, 0.25) is 0 Å². The van der Waals surface area contributed by atoms with Crippen LogP contribution in [-0.2, 0) is 4.74 Å². The summed E-state index contributed by atoms with van der Waals surface area (Å²) < 4.78 is 4.85. The van der Waals surface area contributed by atoms with Crippen molar-refractivity contribution in [2.24, 2.45) is 0 Å². The monoisotopic (exact) mass is 133 g/mol. The quantitative estimate of drug-likeness (QED) is 0.527. The predicted octanol–water partition coefficient (Wildman–Crippen LogP) is 1.59. The third kappa shape index (κ3) is 6.31. The minimum Gasteiger partial charge on any atom is -0.384 e. The predicted molar refractivity (Wildman–Crippen MR) is 39.2 cm³/mol. The molecular weight excluding hydrogens is 120 g/mol. The zero-order valence-electron chi connectivity index (χ0n) is 5.35. The van der Waals surface area contributed by atoms with Crippen molar-refractivity contribution in [2.75, 3.05) is 25.2 Å². The molecule has 0 aromatic heterocycles. The molecule has 0 N–H and O–H groups in total. The molecule has 0 aromatic rings. The molecule has 0 atom stereocenters. The first-order chi connectivity index (χ1) is 3.91.